The van der Waals surface area contributed by atoms with Crippen molar-refractivity contribution < 1.29 is 9.59 Å². The molecule has 0 fully saturated rings. The van der Waals surface area contributed by atoms with Crippen LogP contribution in [0.5, 0.6) is 0 Å². The Morgan fingerprint density at radius 2 is 1.75 bits per heavy atom. The van der Waals surface area contributed by atoms with E-state index in [9.17, 15) is 9.59 Å². The van der Waals surface area contributed by atoms with Gasteiger partial charge in [-0.05, 0) is 6.92 Å². The average molecular weight is 229 g/mol. The third-order valence-electron chi connectivity index (χ3n) is 2.09. The summed E-state index contributed by atoms with van der Waals surface area (Å²) >= 11 is 0. The van der Waals surface area contributed by atoms with Gasteiger partial charge in [0.05, 0.1) is 0 Å². The lowest BCUT2D eigenvalue weighted by atomic mass is 10.2. The van der Waals surface area contributed by atoms with E-state index in [-0.39, 0.29) is 11.8 Å². The minimum atomic E-state index is -0.457. The maximum absolute atomic E-state index is 11.5. The van der Waals surface area contributed by atoms with Crippen molar-refractivity contribution in [3.05, 3.63) is 0 Å². The first-order chi connectivity index (χ1) is 7.34. The molecule has 0 aliphatic carbocycles. The maximum Gasteiger partial charge on any atom is 0.244 e. The smallest absolute Gasteiger partial charge is 0.244 e. The van der Waals surface area contributed by atoms with Crippen molar-refractivity contribution in [2.75, 3.05) is 20.6 Å². The zero-order valence-corrected chi connectivity index (χ0v) is 10.8. The summed E-state index contributed by atoms with van der Waals surface area (Å²) in [7, 11) is 3.34. The fraction of sp³-hybridized carbons (Fsp3) is 0.818. The van der Waals surface area contributed by atoms with E-state index in [4.69, 9.17) is 0 Å². The van der Waals surface area contributed by atoms with Crippen molar-refractivity contribution in [2.45, 2.75) is 39.3 Å². The summed E-state index contributed by atoms with van der Waals surface area (Å²) in [5.41, 5.74) is 0. The zero-order valence-electron chi connectivity index (χ0n) is 10.8. The molecule has 0 saturated carbocycles. The Balaban J connectivity index is 3.83. The Morgan fingerprint density at radius 1 is 1.19 bits per heavy atom. The van der Waals surface area contributed by atoms with Crippen LogP contribution in [-0.4, -0.2) is 49.4 Å². The molecule has 5 nitrogen and oxygen atoms in total. The van der Waals surface area contributed by atoms with Crippen LogP contribution in [0.15, 0.2) is 0 Å². The number of hydrogen-bond acceptors (Lipinski definition) is 3. The second kappa shape index (κ2) is 7.22. The molecule has 0 aliphatic heterocycles. The lowest BCUT2D eigenvalue weighted by Gasteiger charge is -2.18. The number of hydrogen-bond donors (Lipinski definition) is 2. The van der Waals surface area contributed by atoms with Gasteiger partial charge in [-0.2, -0.15) is 0 Å². The molecule has 0 heterocycles. The summed E-state index contributed by atoms with van der Waals surface area (Å²) in [5, 5.41) is 5.81. The first-order valence-electron chi connectivity index (χ1n) is 5.58. The van der Waals surface area contributed by atoms with E-state index in [1.165, 1.54) is 4.90 Å². The number of likely N-dealkylation sites (N-methyl/N-ethyl adjacent to an activating group) is 1. The highest BCUT2D eigenvalue weighted by molar-refractivity contribution is 5.87. The van der Waals surface area contributed by atoms with E-state index in [1.807, 2.05) is 13.8 Å². The van der Waals surface area contributed by atoms with Gasteiger partial charge >= 0.3 is 0 Å². The summed E-state index contributed by atoms with van der Waals surface area (Å²) < 4.78 is 0. The minimum absolute atomic E-state index is 0.0924. The second-order valence-corrected chi connectivity index (χ2v) is 4.38. The Kier molecular flexibility index (Phi) is 6.72. The van der Waals surface area contributed by atoms with E-state index < -0.39 is 6.04 Å². The van der Waals surface area contributed by atoms with E-state index in [1.54, 1.807) is 21.0 Å². The van der Waals surface area contributed by atoms with Crippen molar-refractivity contribution in [1.82, 2.24) is 15.5 Å². The Morgan fingerprint density at radius 3 is 2.19 bits per heavy atom. The minimum Gasteiger partial charge on any atom is -0.347 e. The molecule has 94 valence electrons. The van der Waals surface area contributed by atoms with Crippen LogP contribution in [0.25, 0.3) is 0 Å². The van der Waals surface area contributed by atoms with Crippen LogP contribution in [0.3, 0.4) is 0 Å². The fourth-order valence-electron chi connectivity index (χ4n) is 1.24. The summed E-state index contributed by atoms with van der Waals surface area (Å²) in [6, 6.07) is -0.0878. The third kappa shape index (κ3) is 6.40. The summed E-state index contributed by atoms with van der Waals surface area (Å²) in [6.45, 7) is 6.37. The molecular weight excluding hydrogens is 206 g/mol. The zero-order chi connectivity index (χ0) is 12.7. The molecule has 0 aliphatic rings. The molecule has 0 aromatic rings. The molecule has 16 heavy (non-hydrogen) atoms. The standard InChI is InChI=1S/C11H23N3O2/c1-8(2)12-7-6-10(15)13-9(3)11(16)14(4)5/h8-9,12H,6-7H2,1-5H3,(H,13,15). The fourth-order valence-corrected chi connectivity index (χ4v) is 1.24. The highest BCUT2D eigenvalue weighted by Gasteiger charge is 2.16. The van der Waals surface area contributed by atoms with Crippen LogP contribution in [0.2, 0.25) is 0 Å². The van der Waals surface area contributed by atoms with E-state index in [0.717, 1.165) is 0 Å². The topological polar surface area (TPSA) is 61.4 Å². The van der Waals surface area contributed by atoms with Gasteiger partial charge in [-0.25, -0.2) is 0 Å². The highest BCUT2D eigenvalue weighted by atomic mass is 16.2. The third-order valence-corrected chi connectivity index (χ3v) is 2.09. The quantitative estimate of drug-likeness (QED) is 0.672. The number of nitrogens with one attached hydrogen (secondary N) is 2. The molecule has 1 unspecified atom stereocenters. The number of amides is 2. The first kappa shape index (κ1) is 14.9. The van der Waals surface area contributed by atoms with Gasteiger partial charge in [-0.3, -0.25) is 9.59 Å². The number of rotatable bonds is 6. The van der Waals surface area contributed by atoms with Gasteiger partial charge in [0.15, 0.2) is 0 Å². The SMILES string of the molecule is CC(C)NCCC(=O)NC(C)C(=O)N(C)C. The number of carbonyl (C=O) groups is 2. The van der Waals surface area contributed by atoms with Crippen LogP contribution in [0.4, 0.5) is 0 Å². The normalized spacial score (nSPS) is 12.4. The predicted molar refractivity (Wildman–Crippen MR) is 64.1 cm³/mol. The van der Waals surface area contributed by atoms with Crippen molar-refractivity contribution >= 4 is 11.8 Å². The molecule has 0 aromatic carbocycles. The van der Waals surface area contributed by atoms with Crippen LogP contribution in [0.1, 0.15) is 27.2 Å². The molecule has 1 atom stereocenters. The Labute approximate surface area is 97.6 Å². The van der Waals surface area contributed by atoms with E-state index in [2.05, 4.69) is 10.6 Å². The molecule has 0 rings (SSSR count). The molecule has 0 bridgehead atoms. The van der Waals surface area contributed by atoms with Crippen molar-refractivity contribution in [3.63, 3.8) is 0 Å². The summed E-state index contributed by atoms with van der Waals surface area (Å²) in [4.78, 5) is 24.4. The second-order valence-electron chi connectivity index (χ2n) is 4.38. The molecule has 0 saturated heterocycles. The van der Waals surface area contributed by atoms with Crippen molar-refractivity contribution in [1.29, 1.82) is 0 Å². The van der Waals surface area contributed by atoms with Crippen LogP contribution < -0.4 is 10.6 Å². The van der Waals surface area contributed by atoms with Gasteiger partial charge in [0.25, 0.3) is 0 Å². The molecule has 2 amide bonds. The van der Waals surface area contributed by atoms with Gasteiger partial charge in [0, 0.05) is 33.1 Å². The predicted octanol–water partition coefficient (Wildman–Crippen LogP) is -0.0326. The van der Waals surface area contributed by atoms with Gasteiger partial charge in [0.2, 0.25) is 11.8 Å². The Hall–Kier alpha value is -1.10. The highest BCUT2D eigenvalue weighted by Crippen LogP contribution is 1.90. The summed E-state index contributed by atoms with van der Waals surface area (Å²) in [6.07, 6.45) is 0.392. The maximum atomic E-state index is 11.5. The van der Waals surface area contributed by atoms with Crippen LogP contribution in [0, 0.1) is 0 Å². The van der Waals surface area contributed by atoms with E-state index in [0.29, 0.717) is 19.0 Å². The largest absolute Gasteiger partial charge is 0.347 e. The first-order valence-corrected chi connectivity index (χ1v) is 5.58. The van der Waals surface area contributed by atoms with Gasteiger partial charge in [-0.15, -0.1) is 0 Å². The van der Waals surface area contributed by atoms with Crippen LogP contribution in [-0.2, 0) is 9.59 Å². The summed E-state index contributed by atoms with van der Waals surface area (Å²) in [5.74, 6) is -0.194. The average Bonchev–Trinajstić information content (AvgIpc) is 2.15. The van der Waals surface area contributed by atoms with Crippen molar-refractivity contribution in [2.24, 2.45) is 0 Å². The lowest BCUT2D eigenvalue weighted by molar-refractivity contribution is -0.133. The monoisotopic (exact) mass is 229 g/mol. The molecule has 0 aromatic heterocycles. The van der Waals surface area contributed by atoms with E-state index >= 15 is 0 Å². The molecule has 2 N–H and O–H groups in total. The molecule has 0 radical (unpaired) electrons. The molecular formula is C11H23N3O2. The number of nitrogens with zero attached hydrogens (tertiary/aromatic N) is 1. The van der Waals surface area contributed by atoms with Gasteiger partial charge in [0.1, 0.15) is 6.04 Å². The number of carbonyl (C=O) groups excluding carboxylic acids is 2. The van der Waals surface area contributed by atoms with Crippen LogP contribution >= 0.6 is 0 Å². The lowest BCUT2D eigenvalue weighted by Crippen LogP contribution is -2.44. The van der Waals surface area contributed by atoms with Gasteiger partial charge < -0.3 is 15.5 Å². The molecule has 5 heteroatoms. The van der Waals surface area contributed by atoms with Gasteiger partial charge in [-0.1, -0.05) is 13.8 Å². The van der Waals surface area contributed by atoms with Crippen molar-refractivity contribution in [3.8, 4) is 0 Å². The Bertz CT molecular complexity index is 239. The molecule has 0 spiro atoms.